The maximum atomic E-state index is 4.87. The van der Waals surface area contributed by atoms with E-state index in [4.69, 9.17) is 20.4 Å². The summed E-state index contributed by atoms with van der Waals surface area (Å²) in [4.78, 5) is 3.77. The van der Waals surface area contributed by atoms with Crippen molar-refractivity contribution >= 4 is 32.8 Å². The summed E-state index contributed by atoms with van der Waals surface area (Å²) >= 11 is 0. The van der Waals surface area contributed by atoms with E-state index in [0.717, 1.165) is 69.9 Å². The quantitative estimate of drug-likeness (QED) is 0.298. The SMILES string of the molecule is CCCCCCn1nc2c(C)cc3c(cc(C)c4nn(CCCCCC)nc43)c2n1. The minimum atomic E-state index is 0.880. The number of rotatable bonds is 10. The van der Waals surface area contributed by atoms with Gasteiger partial charge in [0, 0.05) is 10.8 Å². The molecule has 0 spiro atoms. The maximum absolute atomic E-state index is 4.87. The van der Waals surface area contributed by atoms with Gasteiger partial charge in [0.05, 0.1) is 13.1 Å². The van der Waals surface area contributed by atoms with Gasteiger partial charge in [0.2, 0.25) is 0 Å². The van der Waals surface area contributed by atoms with E-state index in [1.807, 2.05) is 9.59 Å². The van der Waals surface area contributed by atoms with Gasteiger partial charge in [0.1, 0.15) is 22.1 Å². The Labute approximate surface area is 178 Å². The Kier molecular flexibility index (Phi) is 6.30. The molecule has 6 nitrogen and oxygen atoms in total. The van der Waals surface area contributed by atoms with Gasteiger partial charge in [-0.2, -0.15) is 30.0 Å². The zero-order valence-electron chi connectivity index (χ0n) is 18.9. The Hall–Kier alpha value is -2.50. The average Bonchev–Trinajstić information content (AvgIpc) is 3.35. The molecule has 0 aliphatic heterocycles. The monoisotopic (exact) mass is 406 g/mol. The highest BCUT2D eigenvalue weighted by atomic mass is 15.5. The first-order chi connectivity index (χ1) is 14.6. The van der Waals surface area contributed by atoms with E-state index in [1.54, 1.807) is 0 Å². The first-order valence-electron chi connectivity index (χ1n) is 11.6. The van der Waals surface area contributed by atoms with Crippen molar-refractivity contribution in [3.63, 3.8) is 0 Å². The number of aryl methyl sites for hydroxylation is 4. The first kappa shape index (κ1) is 20.8. The standard InChI is InChI=1S/C24H34N6/c1-5-7-9-11-13-29-25-21-17(3)15-20-19(23(21)27-29)16-18(4)22-24(20)28-30(26-22)14-12-10-8-6-2/h15-16H,5-14H2,1-4H3. The molecular formula is C24H34N6. The topological polar surface area (TPSA) is 61.4 Å². The lowest BCUT2D eigenvalue weighted by molar-refractivity contribution is 0.495. The average molecular weight is 407 g/mol. The minimum Gasteiger partial charge on any atom is -0.184 e. The Morgan fingerprint density at radius 3 is 1.37 bits per heavy atom. The second kappa shape index (κ2) is 9.11. The number of hydrogen-bond acceptors (Lipinski definition) is 4. The van der Waals surface area contributed by atoms with E-state index in [0.29, 0.717) is 0 Å². The lowest BCUT2D eigenvalue weighted by Gasteiger charge is -2.03. The molecule has 160 valence electrons. The van der Waals surface area contributed by atoms with Crippen molar-refractivity contribution in [2.75, 3.05) is 0 Å². The molecule has 0 aliphatic carbocycles. The molecule has 0 atom stereocenters. The zero-order chi connectivity index (χ0) is 21.1. The van der Waals surface area contributed by atoms with E-state index in [1.165, 1.54) is 38.5 Å². The van der Waals surface area contributed by atoms with Crippen molar-refractivity contribution in [2.45, 2.75) is 92.2 Å². The molecule has 2 aromatic carbocycles. The summed E-state index contributed by atoms with van der Waals surface area (Å²) in [6.07, 6.45) is 9.75. The van der Waals surface area contributed by atoms with Crippen LogP contribution in [0.15, 0.2) is 12.1 Å². The largest absolute Gasteiger partial charge is 0.184 e. The molecule has 0 unspecified atom stereocenters. The Morgan fingerprint density at radius 2 is 0.967 bits per heavy atom. The van der Waals surface area contributed by atoms with E-state index in [9.17, 15) is 0 Å². The second-order valence-electron chi connectivity index (χ2n) is 8.59. The van der Waals surface area contributed by atoms with Gasteiger partial charge in [-0.3, -0.25) is 0 Å². The van der Waals surface area contributed by atoms with Crippen LogP contribution in [0.1, 0.15) is 76.3 Å². The van der Waals surface area contributed by atoms with Crippen LogP contribution >= 0.6 is 0 Å². The molecule has 0 N–H and O–H groups in total. The molecule has 30 heavy (non-hydrogen) atoms. The third kappa shape index (κ3) is 4.05. The molecule has 6 heteroatoms. The van der Waals surface area contributed by atoms with Gasteiger partial charge in [0.25, 0.3) is 0 Å². The summed E-state index contributed by atoms with van der Waals surface area (Å²) in [7, 11) is 0. The molecular weight excluding hydrogens is 372 g/mol. The fraction of sp³-hybridized carbons (Fsp3) is 0.583. The number of benzene rings is 2. The van der Waals surface area contributed by atoms with Crippen LogP contribution < -0.4 is 0 Å². The van der Waals surface area contributed by atoms with Crippen molar-refractivity contribution in [2.24, 2.45) is 0 Å². The number of unbranched alkanes of at least 4 members (excludes halogenated alkanes) is 6. The van der Waals surface area contributed by atoms with Crippen LogP contribution in [0.5, 0.6) is 0 Å². The van der Waals surface area contributed by atoms with Crippen LogP contribution in [0.25, 0.3) is 32.8 Å². The Balaban J connectivity index is 1.72. The van der Waals surface area contributed by atoms with Crippen molar-refractivity contribution in [3.05, 3.63) is 23.3 Å². The van der Waals surface area contributed by atoms with Gasteiger partial charge in [-0.25, -0.2) is 0 Å². The normalized spacial score (nSPS) is 12.0. The Bertz CT molecular complexity index is 1060. The van der Waals surface area contributed by atoms with Crippen LogP contribution in [0.4, 0.5) is 0 Å². The van der Waals surface area contributed by atoms with Crippen LogP contribution in [0, 0.1) is 13.8 Å². The van der Waals surface area contributed by atoms with Crippen molar-refractivity contribution < 1.29 is 0 Å². The molecule has 4 rings (SSSR count). The summed E-state index contributed by atoms with van der Waals surface area (Å²) in [6.45, 7) is 10.5. The zero-order valence-corrected chi connectivity index (χ0v) is 18.9. The lowest BCUT2D eigenvalue weighted by Crippen LogP contribution is -2.02. The van der Waals surface area contributed by atoms with E-state index >= 15 is 0 Å². The highest BCUT2D eigenvalue weighted by molar-refractivity contribution is 6.15. The predicted molar refractivity (Wildman–Crippen MR) is 124 cm³/mol. The fourth-order valence-electron chi connectivity index (χ4n) is 4.27. The van der Waals surface area contributed by atoms with Crippen LogP contribution in [-0.2, 0) is 13.1 Å². The van der Waals surface area contributed by atoms with Crippen molar-refractivity contribution in [1.29, 1.82) is 0 Å². The maximum Gasteiger partial charge on any atom is 0.121 e. The van der Waals surface area contributed by atoms with Gasteiger partial charge < -0.3 is 0 Å². The highest BCUT2D eigenvalue weighted by Crippen LogP contribution is 2.32. The van der Waals surface area contributed by atoms with Gasteiger partial charge >= 0.3 is 0 Å². The summed E-state index contributed by atoms with van der Waals surface area (Å²) in [5.41, 5.74) is 6.29. The molecule has 0 radical (unpaired) electrons. The van der Waals surface area contributed by atoms with Crippen LogP contribution in [-0.4, -0.2) is 30.0 Å². The lowest BCUT2D eigenvalue weighted by atomic mass is 10.0. The molecule has 0 amide bonds. The van der Waals surface area contributed by atoms with Gasteiger partial charge in [-0.15, -0.1) is 0 Å². The fourth-order valence-corrected chi connectivity index (χ4v) is 4.27. The highest BCUT2D eigenvalue weighted by Gasteiger charge is 2.16. The van der Waals surface area contributed by atoms with E-state index in [2.05, 4.69) is 39.8 Å². The predicted octanol–water partition coefficient (Wildman–Crippen LogP) is 6.11. The van der Waals surface area contributed by atoms with Gasteiger partial charge in [-0.1, -0.05) is 52.4 Å². The molecule has 4 aromatic rings. The summed E-state index contributed by atoms with van der Waals surface area (Å²) in [6, 6.07) is 4.43. The number of hydrogen-bond donors (Lipinski definition) is 0. The molecule has 0 aliphatic rings. The summed E-state index contributed by atoms with van der Waals surface area (Å²) in [5.74, 6) is 0. The third-order valence-corrected chi connectivity index (χ3v) is 6.00. The third-order valence-electron chi connectivity index (χ3n) is 6.00. The molecule has 2 aromatic heterocycles. The molecule has 0 saturated carbocycles. The smallest absolute Gasteiger partial charge is 0.121 e. The van der Waals surface area contributed by atoms with Gasteiger partial charge in [0.15, 0.2) is 0 Å². The molecule has 2 heterocycles. The first-order valence-corrected chi connectivity index (χ1v) is 11.6. The number of aromatic nitrogens is 6. The molecule has 0 fully saturated rings. The Morgan fingerprint density at radius 1 is 0.567 bits per heavy atom. The van der Waals surface area contributed by atoms with Crippen LogP contribution in [0.3, 0.4) is 0 Å². The molecule has 0 bridgehead atoms. The second-order valence-corrected chi connectivity index (χ2v) is 8.59. The minimum absolute atomic E-state index is 0.880. The number of fused-ring (bicyclic) bond motifs is 5. The number of nitrogens with zero attached hydrogens (tertiary/aromatic N) is 6. The van der Waals surface area contributed by atoms with E-state index in [-0.39, 0.29) is 0 Å². The summed E-state index contributed by atoms with van der Waals surface area (Å²) < 4.78 is 0. The summed E-state index contributed by atoms with van der Waals surface area (Å²) in [5, 5.41) is 21.6. The molecule has 0 saturated heterocycles. The van der Waals surface area contributed by atoms with E-state index < -0.39 is 0 Å². The van der Waals surface area contributed by atoms with Gasteiger partial charge in [-0.05, 0) is 49.9 Å². The van der Waals surface area contributed by atoms with Crippen LogP contribution in [0.2, 0.25) is 0 Å². The van der Waals surface area contributed by atoms with Crippen molar-refractivity contribution in [1.82, 2.24) is 30.0 Å². The van der Waals surface area contributed by atoms with Crippen molar-refractivity contribution in [3.8, 4) is 0 Å².